The molecule has 2 heterocycles. The molecule has 0 aromatic carbocycles. The third-order valence-corrected chi connectivity index (χ3v) is 2.82. The molecule has 4 heteroatoms. The van der Waals surface area contributed by atoms with Gasteiger partial charge >= 0.3 is 0 Å². The molecular weight excluding hydrogens is 182 g/mol. The molecule has 0 atom stereocenters. The van der Waals surface area contributed by atoms with Crippen molar-refractivity contribution in [3.8, 4) is 0 Å². The van der Waals surface area contributed by atoms with Crippen LogP contribution in [0.2, 0.25) is 0 Å². The summed E-state index contributed by atoms with van der Waals surface area (Å²) in [4.78, 5) is 9.65. The molecule has 3 nitrogen and oxygen atoms in total. The van der Waals surface area contributed by atoms with Crippen molar-refractivity contribution in [3.63, 3.8) is 0 Å². The SMILES string of the molecule is Cc1ncc(Cn2ccnc2C)s1. The summed E-state index contributed by atoms with van der Waals surface area (Å²) in [5.41, 5.74) is 0. The fourth-order valence-electron chi connectivity index (χ4n) is 1.22. The lowest BCUT2D eigenvalue weighted by molar-refractivity contribution is 0.770. The molecule has 0 unspecified atom stereocenters. The van der Waals surface area contributed by atoms with E-state index in [0.29, 0.717) is 0 Å². The van der Waals surface area contributed by atoms with E-state index < -0.39 is 0 Å². The second-order valence-corrected chi connectivity index (χ2v) is 4.27. The molecule has 0 N–H and O–H groups in total. The van der Waals surface area contributed by atoms with E-state index in [0.717, 1.165) is 17.4 Å². The van der Waals surface area contributed by atoms with Crippen LogP contribution in [0.1, 0.15) is 15.7 Å². The summed E-state index contributed by atoms with van der Waals surface area (Å²) in [6.45, 7) is 4.92. The van der Waals surface area contributed by atoms with Crippen molar-refractivity contribution in [1.29, 1.82) is 0 Å². The summed E-state index contributed by atoms with van der Waals surface area (Å²) in [7, 11) is 0. The summed E-state index contributed by atoms with van der Waals surface area (Å²) in [5, 5.41) is 1.12. The minimum atomic E-state index is 0.886. The average molecular weight is 193 g/mol. The molecular formula is C9H11N3S. The predicted octanol–water partition coefficient (Wildman–Crippen LogP) is 2.00. The highest BCUT2D eigenvalue weighted by molar-refractivity contribution is 7.11. The Hall–Kier alpha value is -1.16. The van der Waals surface area contributed by atoms with E-state index in [-0.39, 0.29) is 0 Å². The number of hydrogen-bond donors (Lipinski definition) is 0. The molecule has 2 rings (SSSR count). The standard InChI is InChI=1S/C9H11N3S/c1-7-10-3-4-12(7)6-9-5-11-8(2)13-9/h3-5H,6H2,1-2H3. The average Bonchev–Trinajstić information content (AvgIpc) is 2.64. The Balaban J connectivity index is 2.19. The van der Waals surface area contributed by atoms with Gasteiger partial charge in [-0.25, -0.2) is 9.97 Å². The van der Waals surface area contributed by atoms with Crippen LogP contribution in [0.25, 0.3) is 0 Å². The van der Waals surface area contributed by atoms with Crippen LogP contribution in [0.15, 0.2) is 18.6 Å². The third kappa shape index (κ3) is 1.78. The topological polar surface area (TPSA) is 30.7 Å². The van der Waals surface area contributed by atoms with Gasteiger partial charge in [0.2, 0.25) is 0 Å². The van der Waals surface area contributed by atoms with E-state index >= 15 is 0 Å². The number of aromatic nitrogens is 3. The van der Waals surface area contributed by atoms with E-state index in [4.69, 9.17) is 0 Å². The Morgan fingerprint density at radius 1 is 1.38 bits per heavy atom. The van der Waals surface area contributed by atoms with Gasteiger partial charge in [-0.3, -0.25) is 0 Å². The van der Waals surface area contributed by atoms with E-state index in [1.54, 1.807) is 11.3 Å². The maximum atomic E-state index is 4.21. The molecule has 13 heavy (non-hydrogen) atoms. The lowest BCUT2D eigenvalue weighted by atomic mass is 10.5. The van der Waals surface area contributed by atoms with Gasteiger partial charge in [0.15, 0.2) is 0 Å². The summed E-state index contributed by atoms with van der Waals surface area (Å²) < 4.78 is 2.12. The molecule has 0 saturated heterocycles. The van der Waals surface area contributed by atoms with Gasteiger partial charge in [0.25, 0.3) is 0 Å². The molecule has 2 aromatic rings. The highest BCUT2D eigenvalue weighted by atomic mass is 32.1. The molecule has 0 aliphatic rings. The van der Waals surface area contributed by atoms with Crippen LogP contribution >= 0.6 is 11.3 Å². The summed E-state index contributed by atoms with van der Waals surface area (Å²) in [6.07, 6.45) is 5.74. The number of aryl methyl sites for hydroxylation is 2. The number of rotatable bonds is 2. The molecule has 0 amide bonds. The fraction of sp³-hybridized carbons (Fsp3) is 0.333. The lowest BCUT2D eigenvalue weighted by Gasteiger charge is -2.00. The number of hydrogen-bond acceptors (Lipinski definition) is 3. The Bertz CT molecular complexity index is 402. The van der Waals surface area contributed by atoms with Crippen molar-refractivity contribution in [2.75, 3.05) is 0 Å². The van der Waals surface area contributed by atoms with Gasteiger partial charge in [-0.2, -0.15) is 0 Å². The maximum absolute atomic E-state index is 4.21. The highest BCUT2D eigenvalue weighted by Crippen LogP contribution is 2.13. The zero-order valence-electron chi connectivity index (χ0n) is 7.69. The Morgan fingerprint density at radius 3 is 2.77 bits per heavy atom. The molecule has 0 fully saturated rings. The van der Waals surface area contributed by atoms with Gasteiger partial charge in [0.05, 0.1) is 11.6 Å². The number of imidazole rings is 1. The van der Waals surface area contributed by atoms with Crippen LogP contribution in [0.5, 0.6) is 0 Å². The quantitative estimate of drug-likeness (QED) is 0.730. The predicted molar refractivity (Wildman–Crippen MR) is 52.9 cm³/mol. The summed E-state index contributed by atoms with van der Waals surface area (Å²) in [6, 6.07) is 0. The summed E-state index contributed by atoms with van der Waals surface area (Å²) >= 11 is 1.73. The maximum Gasteiger partial charge on any atom is 0.105 e. The molecule has 2 aromatic heterocycles. The first-order chi connectivity index (χ1) is 6.25. The fourth-order valence-corrected chi connectivity index (χ4v) is 2.01. The van der Waals surface area contributed by atoms with Crippen molar-refractivity contribution in [1.82, 2.24) is 14.5 Å². The zero-order valence-corrected chi connectivity index (χ0v) is 8.51. The van der Waals surface area contributed by atoms with Crippen LogP contribution < -0.4 is 0 Å². The largest absolute Gasteiger partial charge is 0.330 e. The van der Waals surface area contributed by atoms with Crippen LogP contribution in [0, 0.1) is 13.8 Å². The first-order valence-electron chi connectivity index (χ1n) is 4.15. The monoisotopic (exact) mass is 193 g/mol. The molecule has 0 spiro atoms. The molecule has 0 aliphatic heterocycles. The molecule has 0 bridgehead atoms. The van der Waals surface area contributed by atoms with Crippen molar-refractivity contribution >= 4 is 11.3 Å². The van der Waals surface area contributed by atoms with E-state index in [9.17, 15) is 0 Å². The first-order valence-corrected chi connectivity index (χ1v) is 4.96. The molecule has 68 valence electrons. The smallest absolute Gasteiger partial charge is 0.105 e. The van der Waals surface area contributed by atoms with Crippen molar-refractivity contribution in [2.24, 2.45) is 0 Å². The highest BCUT2D eigenvalue weighted by Gasteiger charge is 2.01. The van der Waals surface area contributed by atoms with Crippen molar-refractivity contribution < 1.29 is 0 Å². The van der Waals surface area contributed by atoms with Crippen LogP contribution in [-0.4, -0.2) is 14.5 Å². The zero-order chi connectivity index (χ0) is 9.26. The Labute approximate surface area is 81.1 Å². The number of thiazole rings is 1. The lowest BCUT2D eigenvalue weighted by Crippen LogP contribution is -1.98. The first kappa shape index (κ1) is 8.44. The molecule has 0 aliphatic carbocycles. The normalized spacial score (nSPS) is 10.6. The van der Waals surface area contributed by atoms with Gasteiger partial charge < -0.3 is 4.57 Å². The van der Waals surface area contributed by atoms with Crippen molar-refractivity contribution in [2.45, 2.75) is 20.4 Å². The van der Waals surface area contributed by atoms with Crippen LogP contribution in [0.3, 0.4) is 0 Å². The van der Waals surface area contributed by atoms with Gasteiger partial charge in [0.1, 0.15) is 5.82 Å². The van der Waals surface area contributed by atoms with Gasteiger partial charge in [-0.1, -0.05) is 0 Å². The van der Waals surface area contributed by atoms with E-state index in [2.05, 4.69) is 14.5 Å². The van der Waals surface area contributed by atoms with Gasteiger partial charge in [-0.15, -0.1) is 11.3 Å². The van der Waals surface area contributed by atoms with Crippen LogP contribution in [0.4, 0.5) is 0 Å². The third-order valence-electron chi connectivity index (χ3n) is 1.92. The van der Waals surface area contributed by atoms with E-state index in [1.807, 2.05) is 32.4 Å². The van der Waals surface area contributed by atoms with Crippen molar-refractivity contribution in [3.05, 3.63) is 34.3 Å². The second kappa shape index (κ2) is 3.30. The van der Waals surface area contributed by atoms with Crippen LogP contribution in [-0.2, 0) is 6.54 Å². The Morgan fingerprint density at radius 2 is 2.23 bits per heavy atom. The Kier molecular flexibility index (Phi) is 2.14. The summed E-state index contributed by atoms with van der Waals surface area (Å²) in [5.74, 6) is 1.05. The molecule has 0 radical (unpaired) electrons. The molecule has 0 saturated carbocycles. The number of nitrogens with zero attached hydrogens (tertiary/aromatic N) is 3. The minimum absolute atomic E-state index is 0.886. The second-order valence-electron chi connectivity index (χ2n) is 2.95. The van der Waals surface area contributed by atoms with E-state index in [1.165, 1.54) is 4.88 Å². The van der Waals surface area contributed by atoms with Gasteiger partial charge in [-0.05, 0) is 13.8 Å². The minimum Gasteiger partial charge on any atom is -0.330 e. The van der Waals surface area contributed by atoms with Gasteiger partial charge in [0, 0.05) is 23.5 Å².